The van der Waals surface area contributed by atoms with E-state index in [0.29, 0.717) is 32.0 Å². The first-order valence-corrected chi connectivity index (χ1v) is 9.13. The summed E-state index contributed by atoms with van der Waals surface area (Å²) in [5, 5.41) is 0. The van der Waals surface area contributed by atoms with E-state index in [4.69, 9.17) is 9.47 Å². The lowest BCUT2D eigenvalue weighted by Gasteiger charge is -2.43. The van der Waals surface area contributed by atoms with Gasteiger partial charge < -0.3 is 14.4 Å². The zero-order chi connectivity index (χ0) is 19.7. The van der Waals surface area contributed by atoms with Crippen LogP contribution in [0.25, 0.3) is 0 Å². The molecule has 0 aromatic heterocycles. The molecule has 1 spiro atoms. The van der Waals surface area contributed by atoms with Gasteiger partial charge in [-0.2, -0.15) is 0 Å². The van der Waals surface area contributed by atoms with Crippen LogP contribution in [0.5, 0.6) is 5.75 Å². The van der Waals surface area contributed by atoms with Crippen LogP contribution in [0, 0.1) is 11.6 Å². The summed E-state index contributed by atoms with van der Waals surface area (Å²) in [6.45, 7) is 0.846. The van der Waals surface area contributed by atoms with Crippen molar-refractivity contribution in [2.45, 2.75) is 31.5 Å². The number of halogens is 2. The summed E-state index contributed by atoms with van der Waals surface area (Å²) in [5.74, 6) is -2.23. The highest BCUT2D eigenvalue weighted by atomic mass is 19.1. The fourth-order valence-corrected chi connectivity index (χ4v) is 3.70. The Balaban J connectivity index is 1.39. The molecule has 0 aliphatic carbocycles. The van der Waals surface area contributed by atoms with Crippen molar-refractivity contribution >= 4 is 11.9 Å². The minimum absolute atomic E-state index is 0.0375. The van der Waals surface area contributed by atoms with Crippen molar-refractivity contribution in [2.75, 3.05) is 13.1 Å². The van der Waals surface area contributed by atoms with E-state index >= 15 is 0 Å². The number of piperidine rings is 1. The van der Waals surface area contributed by atoms with Crippen LogP contribution in [0.15, 0.2) is 42.5 Å². The van der Waals surface area contributed by atoms with Gasteiger partial charge in [0.25, 0.3) is 0 Å². The van der Waals surface area contributed by atoms with E-state index in [0.717, 1.165) is 11.6 Å². The maximum atomic E-state index is 14.1. The molecule has 0 atom stereocenters. The van der Waals surface area contributed by atoms with E-state index < -0.39 is 23.3 Å². The Bertz CT molecular complexity index is 908. The van der Waals surface area contributed by atoms with Gasteiger partial charge in [-0.05, 0) is 11.6 Å². The lowest BCUT2D eigenvalue weighted by molar-refractivity contribution is -0.0124. The second-order valence-electron chi connectivity index (χ2n) is 7.18. The van der Waals surface area contributed by atoms with Crippen LogP contribution in [0.3, 0.4) is 0 Å². The van der Waals surface area contributed by atoms with Crippen LogP contribution in [-0.2, 0) is 11.3 Å². The molecule has 2 aromatic rings. The molecule has 1 saturated heterocycles. The minimum Gasteiger partial charge on any atom is -0.483 e. The van der Waals surface area contributed by atoms with Crippen molar-refractivity contribution < 1.29 is 27.8 Å². The van der Waals surface area contributed by atoms with Crippen molar-refractivity contribution in [3.8, 4) is 5.75 Å². The number of hydrogen-bond donors (Lipinski definition) is 0. The molecule has 2 aliphatic heterocycles. The predicted molar refractivity (Wildman–Crippen MR) is 96.1 cm³/mol. The number of hydrogen-bond acceptors (Lipinski definition) is 4. The zero-order valence-electron chi connectivity index (χ0n) is 15.1. The van der Waals surface area contributed by atoms with E-state index in [-0.39, 0.29) is 30.1 Å². The number of rotatable bonds is 2. The van der Waals surface area contributed by atoms with Gasteiger partial charge in [0.15, 0.2) is 17.3 Å². The number of carbonyl (C=O) groups excluding carboxylic acids is 2. The molecule has 4 rings (SSSR count). The molecule has 1 amide bonds. The van der Waals surface area contributed by atoms with Gasteiger partial charge in [-0.15, -0.1) is 0 Å². The molecule has 0 saturated carbocycles. The Kier molecular flexibility index (Phi) is 4.75. The highest BCUT2D eigenvalue weighted by Gasteiger charge is 2.45. The monoisotopic (exact) mass is 387 g/mol. The number of Topliss-reactive ketones (excluding diaryl/α,β-unsaturated/α-hetero) is 1. The van der Waals surface area contributed by atoms with Crippen molar-refractivity contribution in [3.05, 3.63) is 65.2 Å². The standard InChI is InChI=1S/C21H19F2NO4/c22-15-10-16-18(25)12-21(28-19(16)17(23)11-15)6-8-24(9-7-21)20(26)27-13-14-4-2-1-3-5-14/h1-5,10-11H,6-9,12-13H2. The Morgan fingerprint density at radius 1 is 1.14 bits per heavy atom. The summed E-state index contributed by atoms with van der Waals surface area (Å²) in [6.07, 6.45) is 0.343. The molecule has 2 heterocycles. The van der Waals surface area contributed by atoms with Crippen molar-refractivity contribution in [2.24, 2.45) is 0 Å². The highest BCUT2D eigenvalue weighted by Crippen LogP contribution is 2.41. The molecule has 2 aromatic carbocycles. The van der Waals surface area contributed by atoms with Crippen LogP contribution < -0.4 is 4.74 Å². The van der Waals surface area contributed by atoms with Crippen LogP contribution in [0.1, 0.15) is 35.2 Å². The van der Waals surface area contributed by atoms with E-state index in [9.17, 15) is 18.4 Å². The van der Waals surface area contributed by atoms with Gasteiger partial charge in [0, 0.05) is 32.0 Å². The third kappa shape index (κ3) is 3.56. The first-order chi connectivity index (χ1) is 13.5. The van der Waals surface area contributed by atoms with Crippen molar-refractivity contribution in [1.82, 2.24) is 4.90 Å². The van der Waals surface area contributed by atoms with Crippen LogP contribution in [0.4, 0.5) is 13.6 Å². The summed E-state index contributed by atoms with van der Waals surface area (Å²) < 4.78 is 38.7. The van der Waals surface area contributed by atoms with E-state index in [1.165, 1.54) is 0 Å². The molecule has 2 aliphatic rings. The predicted octanol–water partition coefficient (Wildman–Crippen LogP) is 4.10. The number of fused-ring (bicyclic) bond motifs is 1. The van der Waals surface area contributed by atoms with E-state index in [1.807, 2.05) is 30.3 Å². The molecule has 0 radical (unpaired) electrons. The van der Waals surface area contributed by atoms with Crippen molar-refractivity contribution in [1.29, 1.82) is 0 Å². The Labute approximate surface area is 160 Å². The third-order valence-electron chi connectivity index (χ3n) is 5.25. The zero-order valence-corrected chi connectivity index (χ0v) is 15.1. The third-order valence-corrected chi connectivity index (χ3v) is 5.25. The number of amides is 1. The summed E-state index contributed by atoms with van der Waals surface area (Å²) in [6, 6.07) is 11.1. The SMILES string of the molecule is O=C1CC2(CCN(C(=O)OCc3ccccc3)CC2)Oc2c(F)cc(F)cc21. The molecule has 0 N–H and O–H groups in total. The number of ether oxygens (including phenoxy) is 2. The molecule has 0 bridgehead atoms. The first kappa shape index (κ1) is 18.4. The Hall–Kier alpha value is -2.96. The van der Waals surface area contributed by atoms with Gasteiger partial charge in [-0.1, -0.05) is 30.3 Å². The molecular formula is C21H19F2NO4. The lowest BCUT2D eigenvalue weighted by Crippen LogP contribution is -2.52. The molecule has 7 heteroatoms. The normalized spacial score (nSPS) is 17.8. The largest absolute Gasteiger partial charge is 0.483 e. The van der Waals surface area contributed by atoms with Gasteiger partial charge in [0.2, 0.25) is 0 Å². The van der Waals surface area contributed by atoms with Crippen LogP contribution in [-0.4, -0.2) is 35.5 Å². The smallest absolute Gasteiger partial charge is 0.410 e. The Morgan fingerprint density at radius 2 is 1.86 bits per heavy atom. The maximum Gasteiger partial charge on any atom is 0.410 e. The first-order valence-electron chi connectivity index (χ1n) is 9.13. The second kappa shape index (κ2) is 7.22. The average Bonchev–Trinajstić information content (AvgIpc) is 2.69. The summed E-state index contributed by atoms with van der Waals surface area (Å²) in [5.41, 5.74) is -0.0448. The maximum absolute atomic E-state index is 14.1. The fourth-order valence-electron chi connectivity index (χ4n) is 3.70. The van der Waals surface area contributed by atoms with Gasteiger partial charge in [-0.3, -0.25) is 4.79 Å². The van der Waals surface area contributed by atoms with Crippen molar-refractivity contribution in [3.63, 3.8) is 0 Å². The van der Waals surface area contributed by atoms with Crippen LogP contribution >= 0.6 is 0 Å². The summed E-state index contributed by atoms with van der Waals surface area (Å²) >= 11 is 0. The molecule has 1 fully saturated rings. The summed E-state index contributed by atoms with van der Waals surface area (Å²) in [4.78, 5) is 26.3. The van der Waals surface area contributed by atoms with E-state index in [1.54, 1.807) is 4.90 Å². The molecule has 5 nitrogen and oxygen atoms in total. The Morgan fingerprint density at radius 3 is 2.57 bits per heavy atom. The minimum atomic E-state index is -0.882. The number of ketones is 1. The van der Waals surface area contributed by atoms with E-state index in [2.05, 4.69) is 0 Å². The van der Waals surface area contributed by atoms with Gasteiger partial charge in [-0.25, -0.2) is 13.6 Å². The second-order valence-corrected chi connectivity index (χ2v) is 7.18. The molecule has 0 unspecified atom stereocenters. The molecular weight excluding hydrogens is 368 g/mol. The molecule has 28 heavy (non-hydrogen) atoms. The number of carbonyl (C=O) groups is 2. The average molecular weight is 387 g/mol. The highest BCUT2D eigenvalue weighted by molar-refractivity contribution is 6.00. The topological polar surface area (TPSA) is 55.8 Å². The van der Waals surface area contributed by atoms with Crippen LogP contribution in [0.2, 0.25) is 0 Å². The van der Waals surface area contributed by atoms with Gasteiger partial charge >= 0.3 is 6.09 Å². The quantitative estimate of drug-likeness (QED) is 0.779. The summed E-state index contributed by atoms with van der Waals surface area (Å²) in [7, 11) is 0. The fraction of sp³-hybridized carbons (Fsp3) is 0.333. The van der Waals surface area contributed by atoms with Gasteiger partial charge in [0.1, 0.15) is 18.0 Å². The number of likely N-dealkylation sites (tertiary alicyclic amines) is 1. The number of nitrogens with zero attached hydrogens (tertiary/aromatic N) is 1. The molecule has 146 valence electrons. The number of benzene rings is 2. The van der Waals surface area contributed by atoms with Gasteiger partial charge in [0.05, 0.1) is 12.0 Å². The lowest BCUT2D eigenvalue weighted by atomic mass is 9.82.